The Bertz CT molecular complexity index is 189. The Labute approximate surface area is 61.8 Å². The second-order valence-electron chi connectivity index (χ2n) is 3.01. The second kappa shape index (κ2) is 2.49. The van der Waals surface area contributed by atoms with Gasteiger partial charge in [0.25, 0.3) is 0 Å². The fourth-order valence-electron chi connectivity index (χ4n) is 1.65. The highest BCUT2D eigenvalue weighted by Gasteiger charge is 2.10. The molecule has 0 bridgehead atoms. The van der Waals surface area contributed by atoms with Crippen molar-refractivity contribution in [3.05, 3.63) is 23.4 Å². The maximum Gasteiger partial charge on any atom is 0.0332 e. The zero-order chi connectivity index (χ0) is 6.81. The zero-order valence-electron chi connectivity index (χ0n) is 6.19. The minimum atomic E-state index is 1.17. The smallest absolute Gasteiger partial charge is 0.0332 e. The molecule has 0 saturated carbocycles. The van der Waals surface area contributed by atoms with Gasteiger partial charge in [-0.25, -0.2) is 0 Å². The fraction of sp³-hybridized carbons (Fsp3) is 0.556. The summed E-state index contributed by atoms with van der Waals surface area (Å²) in [6.07, 6.45) is 9.69. The molecule has 0 amide bonds. The molecule has 0 radical (unpaired) electrons. The summed E-state index contributed by atoms with van der Waals surface area (Å²) in [7, 11) is 0. The molecule has 0 aromatic carbocycles. The lowest BCUT2D eigenvalue weighted by Crippen LogP contribution is -2.11. The minimum Gasteiger partial charge on any atom is -0.385 e. The Morgan fingerprint density at radius 1 is 1.30 bits per heavy atom. The molecular weight excluding hydrogens is 122 g/mol. The highest BCUT2D eigenvalue weighted by atomic mass is 14.9. The zero-order valence-corrected chi connectivity index (χ0v) is 6.19. The van der Waals surface area contributed by atoms with Gasteiger partial charge in [-0.05, 0) is 37.3 Å². The molecule has 0 fully saturated rings. The van der Waals surface area contributed by atoms with Crippen LogP contribution in [0.15, 0.2) is 23.4 Å². The SMILES string of the molecule is C1=CC2=C(C1)CCCCN2. The van der Waals surface area contributed by atoms with E-state index in [-0.39, 0.29) is 0 Å². The van der Waals surface area contributed by atoms with Crippen LogP contribution in [-0.4, -0.2) is 6.54 Å². The molecule has 1 N–H and O–H groups in total. The van der Waals surface area contributed by atoms with E-state index in [0.717, 1.165) is 0 Å². The van der Waals surface area contributed by atoms with Crippen LogP contribution >= 0.6 is 0 Å². The van der Waals surface area contributed by atoms with Gasteiger partial charge in [0, 0.05) is 12.2 Å². The van der Waals surface area contributed by atoms with E-state index in [0.29, 0.717) is 0 Å². The molecule has 1 nitrogen and oxygen atoms in total. The highest BCUT2D eigenvalue weighted by molar-refractivity contribution is 5.32. The van der Waals surface area contributed by atoms with Crippen LogP contribution in [0.2, 0.25) is 0 Å². The van der Waals surface area contributed by atoms with Crippen molar-refractivity contribution >= 4 is 0 Å². The van der Waals surface area contributed by atoms with Crippen LogP contribution in [0.25, 0.3) is 0 Å². The molecule has 1 heterocycles. The van der Waals surface area contributed by atoms with Gasteiger partial charge >= 0.3 is 0 Å². The molecule has 0 aromatic rings. The van der Waals surface area contributed by atoms with Gasteiger partial charge in [0.2, 0.25) is 0 Å². The third kappa shape index (κ3) is 0.962. The van der Waals surface area contributed by atoms with Crippen molar-refractivity contribution in [1.29, 1.82) is 0 Å². The van der Waals surface area contributed by atoms with E-state index in [2.05, 4.69) is 17.5 Å². The lowest BCUT2D eigenvalue weighted by Gasteiger charge is -2.02. The summed E-state index contributed by atoms with van der Waals surface area (Å²) in [4.78, 5) is 0. The van der Waals surface area contributed by atoms with Crippen LogP contribution in [0.1, 0.15) is 25.7 Å². The summed E-state index contributed by atoms with van der Waals surface area (Å²) in [6, 6.07) is 0. The van der Waals surface area contributed by atoms with Gasteiger partial charge < -0.3 is 5.32 Å². The molecule has 0 aromatic heterocycles. The number of hydrogen-bond donors (Lipinski definition) is 1. The lowest BCUT2D eigenvalue weighted by molar-refractivity contribution is 0.715. The lowest BCUT2D eigenvalue weighted by atomic mass is 10.1. The van der Waals surface area contributed by atoms with Gasteiger partial charge in [0.15, 0.2) is 0 Å². The normalized spacial score (nSPS) is 24.0. The van der Waals surface area contributed by atoms with Crippen LogP contribution in [0.4, 0.5) is 0 Å². The Hall–Kier alpha value is -0.720. The first-order valence-electron chi connectivity index (χ1n) is 4.09. The second-order valence-corrected chi connectivity index (χ2v) is 3.01. The van der Waals surface area contributed by atoms with Crippen LogP contribution in [0.5, 0.6) is 0 Å². The first kappa shape index (κ1) is 6.02. The number of hydrogen-bond acceptors (Lipinski definition) is 1. The molecule has 1 aliphatic heterocycles. The molecule has 54 valence electrons. The summed E-state index contributed by atoms with van der Waals surface area (Å²) >= 11 is 0. The van der Waals surface area contributed by atoms with Crippen molar-refractivity contribution < 1.29 is 0 Å². The van der Waals surface area contributed by atoms with Crippen LogP contribution in [0, 0.1) is 0 Å². The predicted octanol–water partition coefficient (Wildman–Crippen LogP) is 1.97. The summed E-state index contributed by atoms with van der Waals surface area (Å²) in [5.74, 6) is 0. The van der Waals surface area contributed by atoms with E-state index in [4.69, 9.17) is 0 Å². The van der Waals surface area contributed by atoms with E-state index < -0.39 is 0 Å². The van der Waals surface area contributed by atoms with Crippen LogP contribution < -0.4 is 5.32 Å². The molecule has 2 rings (SSSR count). The summed E-state index contributed by atoms with van der Waals surface area (Å²) < 4.78 is 0. The molecule has 10 heavy (non-hydrogen) atoms. The van der Waals surface area contributed by atoms with E-state index in [9.17, 15) is 0 Å². The molecule has 0 saturated heterocycles. The van der Waals surface area contributed by atoms with Gasteiger partial charge in [-0.15, -0.1) is 0 Å². The molecule has 0 spiro atoms. The van der Waals surface area contributed by atoms with Gasteiger partial charge in [-0.3, -0.25) is 0 Å². The standard InChI is InChI=1S/C9H13N/c1-2-7-10-9-6-3-5-8(9)4-1/h3,6,10H,1-2,4-5,7H2. The summed E-state index contributed by atoms with van der Waals surface area (Å²) in [6.45, 7) is 1.17. The van der Waals surface area contributed by atoms with Crippen molar-refractivity contribution in [2.75, 3.05) is 6.54 Å². The molecular formula is C9H13N. The monoisotopic (exact) mass is 135 g/mol. The van der Waals surface area contributed by atoms with Gasteiger partial charge in [-0.1, -0.05) is 6.08 Å². The summed E-state index contributed by atoms with van der Waals surface area (Å²) in [5, 5.41) is 3.44. The van der Waals surface area contributed by atoms with Crippen molar-refractivity contribution in [1.82, 2.24) is 5.32 Å². The molecule has 0 atom stereocenters. The van der Waals surface area contributed by atoms with Crippen LogP contribution in [0.3, 0.4) is 0 Å². The average Bonchev–Trinajstić information content (AvgIpc) is 2.28. The van der Waals surface area contributed by atoms with Crippen molar-refractivity contribution in [3.63, 3.8) is 0 Å². The first-order valence-corrected chi connectivity index (χ1v) is 4.09. The predicted molar refractivity (Wildman–Crippen MR) is 42.6 cm³/mol. The largest absolute Gasteiger partial charge is 0.385 e. The maximum atomic E-state index is 3.44. The third-order valence-electron chi connectivity index (χ3n) is 2.25. The number of rotatable bonds is 0. The van der Waals surface area contributed by atoms with Crippen molar-refractivity contribution in [2.45, 2.75) is 25.7 Å². The van der Waals surface area contributed by atoms with Gasteiger partial charge in [0.1, 0.15) is 0 Å². The Morgan fingerprint density at radius 3 is 3.30 bits per heavy atom. The fourth-order valence-corrected chi connectivity index (χ4v) is 1.65. The maximum absolute atomic E-state index is 3.44. The van der Waals surface area contributed by atoms with E-state index in [1.807, 2.05) is 0 Å². The Kier molecular flexibility index (Phi) is 1.50. The average molecular weight is 135 g/mol. The van der Waals surface area contributed by atoms with E-state index >= 15 is 0 Å². The van der Waals surface area contributed by atoms with Crippen molar-refractivity contribution in [3.8, 4) is 0 Å². The Balaban J connectivity index is 2.16. The highest BCUT2D eigenvalue weighted by Crippen LogP contribution is 2.23. The number of nitrogens with one attached hydrogen (secondary N) is 1. The number of allylic oxidation sites excluding steroid dienone is 3. The summed E-state index contributed by atoms with van der Waals surface area (Å²) in [5.41, 5.74) is 3.04. The molecule has 1 heteroatoms. The van der Waals surface area contributed by atoms with Crippen molar-refractivity contribution in [2.24, 2.45) is 0 Å². The van der Waals surface area contributed by atoms with Gasteiger partial charge in [0.05, 0.1) is 0 Å². The quantitative estimate of drug-likeness (QED) is 0.535. The van der Waals surface area contributed by atoms with E-state index in [1.165, 1.54) is 37.9 Å². The van der Waals surface area contributed by atoms with E-state index in [1.54, 1.807) is 5.57 Å². The first-order chi connectivity index (χ1) is 4.97. The third-order valence-corrected chi connectivity index (χ3v) is 2.25. The molecule has 1 aliphatic carbocycles. The van der Waals surface area contributed by atoms with Crippen LogP contribution in [-0.2, 0) is 0 Å². The molecule has 2 aliphatic rings. The minimum absolute atomic E-state index is 1.17. The molecule has 0 unspecified atom stereocenters. The van der Waals surface area contributed by atoms with Gasteiger partial charge in [-0.2, -0.15) is 0 Å². The topological polar surface area (TPSA) is 12.0 Å². The Morgan fingerprint density at radius 2 is 2.30 bits per heavy atom.